The number of aryl methyl sites for hydroxylation is 1. The fourth-order valence-electron chi connectivity index (χ4n) is 6.35. The van der Waals surface area contributed by atoms with Gasteiger partial charge in [0.05, 0.1) is 43.1 Å². The van der Waals surface area contributed by atoms with Crippen LogP contribution in [0.5, 0.6) is 0 Å². The molecule has 0 atom stereocenters. The monoisotopic (exact) mass is 874 g/mol. The second-order valence-corrected chi connectivity index (χ2v) is 17.8. The summed E-state index contributed by atoms with van der Waals surface area (Å²) in [6.07, 6.45) is 3.32. The lowest BCUT2D eigenvalue weighted by molar-refractivity contribution is 0.0735. The first-order chi connectivity index (χ1) is 27.8. The van der Waals surface area contributed by atoms with Gasteiger partial charge < -0.3 is 19.6 Å². The highest BCUT2D eigenvalue weighted by molar-refractivity contribution is 7.98. The van der Waals surface area contributed by atoms with Crippen molar-refractivity contribution in [2.45, 2.75) is 28.2 Å². The van der Waals surface area contributed by atoms with E-state index in [1.807, 2.05) is 100 Å². The molecule has 10 nitrogen and oxygen atoms in total. The molecule has 6 aromatic rings. The molecule has 8 rings (SSSR count). The summed E-state index contributed by atoms with van der Waals surface area (Å²) in [7, 11) is 0. The number of amides is 2. The van der Waals surface area contributed by atoms with Crippen molar-refractivity contribution in [3.63, 3.8) is 0 Å². The van der Waals surface area contributed by atoms with Crippen molar-refractivity contribution in [3.05, 3.63) is 139 Å². The van der Waals surface area contributed by atoms with Crippen LogP contribution in [-0.2, 0) is 11.5 Å². The second kappa shape index (κ2) is 20.0. The van der Waals surface area contributed by atoms with Gasteiger partial charge in [-0.15, -0.1) is 46.2 Å². The van der Waals surface area contributed by atoms with Gasteiger partial charge in [0.15, 0.2) is 0 Å². The molecular weight excluding hydrogens is 836 g/mol. The molecular formula is C41H40Cl2N8O2S4. The predicted molar refractivity (Wildman–Crippen MR) is 236 cm³/mol. The molecule has 57 heavy (non-hydrogen) atoms. The van der Waals surface area contributed by atoms with Crippen molar-refractivity contribution in [1.82, 2.24) is 29.7 Å². The Balaban J connectivity index is 0.000000174. The number of anilines is 2. The van der Waals surface area contributed by atoms with Crippen LogP contribution < -0.4 is 9.80 Å². The van der Waals surface area contributed by atoms with E-state index in [0.717, 1.165) is 86.6 Å². The predicted octanol–water partition coefficient (Wildman–Crippen LogP) is 9.20. The van der Waals surface area contributed by atoms with Crippen LogP contribution >= 0.6 is 69.4 Å². The first-order valence-corrected chi connectivity index (χ1v) is 22.9. The molecule has 0 unspecified atom stereocenters. The highest BCUT2D eigenvalue weighted by atomic mass is 35.5. The molecule has 2 aromatic carbocycles. The van der Waals surface area contributed by atoms with Crippen LogP contribution in [0, 0.1) is 6.92 Å². The van der Waals surface area contributed by atoms with Crippen molar-refractivity contribution >= 4 is 92.8 Å². The zero-order valence-electron chi connectivity index (χ0n) is 31.2. The minimum atomic E-state index is 0.0880. The lowest BCUT2D eigenvalue weighted by atomic mass is 10.2. The van der Waals surface area contributed by atoms with Crippen molar-refractivity contribution in [2.24, 2.45) is 0 Å². The molecule has 0 radical (unpaired) electrons. The average Bonchev–Trinajstić information content (AvgIpc) is 3.94. The van der Waals surface area contributed by atoms with Gasteiger partial charge >= 0.3 is 0 Å². The van der Waals surface area contributed by atoms with Crippen molar-refractivity contribution < 1.29 is 9.59 Å². The Hall–Kier alpha value is -4.18. The van der Waals surface area contributed by atoms with Gasteiger partial charge in [0.2, 0.25) is 0 Å². The molecule has 0 bridgehead atoms. The third-order valence-electron chi connectivity index (χ3n) is 9.34. The van der Waals surface area contributed by atoms with Gasteiger partial charge in [0, 0.05) is 96.8 Å². The van der Waals surface area contributed by atoms with Crippen LogP contribution in [0.4, 0.5) is 11.6 Å². The van der Waals surface area contributed by atoms with E-state index in [1.165, 1.54) is 0 Å². The number of nitrogens with zero attached hydrogens (tertiary/aromatic N) is 8. The highest BCUT2D eigenvalue weighted by Gasteiger charge is 2.26. The molecule has 4 aromatic heterocycles. The van der Waals surface area contributed by atoms with Crippen molar-refractivity contribution in [3.8, 4) is 0 Å². The van der Waals surface area contributed by atoms with Crippen LogP contribution in [0.1, 0.15) is 37.1 Å². The number of carbonyl (C=O) groups excluding carboxylic acids is 2. The summed E-state index contributed by atoms with van der Waals surface area (Å²) in [5.74, 6) is 3.51. The Kier molecular flexibility index (Phi) is 14.4. The topological polar surface area (TPSA) is 98.7 Å². The molecule has 2 aliphatic rings. The van der Waals surface area contributed by atoms with Gasteiger partial charge in [0.25, 0.3) is 11.8 Å². The molecule has 0 N–H and O–H groups in total. The summed E-state index contributed by atoms with van der Waals surface area (Å²) in [5, 5.41) is 6.45. The normalized spacial score (nSPS) is 14.3. The molecule has 0 saturated carbocycles. The molecule has 6 heterocycles. The maximum absolute atomic E-state index is 13.2. The third kappa shape index (κ3) is 11.1. The summed E-state index contributed by atoms with van der Waals surface area (Å²) in [6.45, 7) is 7.74. The van der Waals surface area contributed by atoms with E-state index in [-0.39, 0.29) is 11.8 Å². The van der Waals surface area contributed by atoms with E-state index in [4.69, 9.17) is 23.2 Å². The molecule has 2 fully saturated rings. The van der Waals surface area contributed by atoms with Gasteiger partial charge in [0.1, 0.15) is 11.6 Å². The summed E-state index contributed by atoms with van der Waals surface area (Å²) in [6, 6.07) is 23.2. The smallest absolute Gasteiger partial charge is 0.255 e. The van der Waals surface area contributed by atoms with E-state index in [1.54, 1.807) is 58.6 Å². The average molecular weight is 876 g/mol. The van der Waals surface area contributed by atoms with Gasteiger partial charge in [-0.3, -0.25) is 9.59 Å². The van der Waals surface area contributed by atoms with Gasteiger partial charge in [-0.25, -0.2) is 19.9 Å². The molecule has 0 aliphatic carbocycles. The SMILES string of the molecule is Cc1nc(CSc2ccccc2C(=O)N2CCN(c3ccc(Cl)cn3)CC2)cs1.O=C(c1ccccc1SCc1cscn1)N1CCN(c2ccc(Cl)cn2)CC1. The lowest BCUT2D eigenvalue weighted by Gasteiger charge is -2.35. The molecule has 0 spiro atoms. The van der Waals surface area contributed by atoms with Crippen LogP contribution in [0.3, 0.4) is 0 Å². The summed E-state index contributed by atoms with van der Waals surface area (Å²) in [4.78, 5) is 54.1. The summed E-state index contributed by atoms with van der Waals surface area (Å²) in [5.41, 5.74) is 5.47. The minimum absolute atomic E-state index is 0.0880. The van der Waals surface area contributed by atoms with Crippen molar-refractivity contribution in [1.29, 1.82) is 0 Å². The number of benzene rings is 2. The third-order valence-corrected chi connectivity index (χ3v) is 13.5. The van der Waals surface area contributed by atoms with Crippen LogP contribution in [0.25, 0.3) is 0 Å². The second-order valence-electron chi connectivity index (χ2n) is 13.1. The number of carbonyl (C=O) groups is 2. The molecule has 2 aliphatic heterocycles. The first-order valence-electron chi connectivity index (χ1n) is 18.3. The van der Waals surface area contributed by atoms with E-state index in [0.29, 0.717) is 36.2 Å². The van der Waals surface area contributed by atoms with E-state index < -0.39 is 0 Å². The number of thioether (sulfide) groups is 2. The largest absolute Gasteiger partial charge is 0.353 e. The van der Waals surface area contributed by atoms with Crippen LogP contribution in [0.15, 0.2) is 111 Å². The minimum Gasteiger partial charge on any atom is -0.353 e. The van der Waals surface area contributed by atoms with Gasteiger partial charge in [-0.2, -0.15) is 0 Å². The molecule has 2 saturated heterocycles. The van der Waals surface area contributed by atoms with E-state index >= 15 is 0 Å². The van der Waals surface area contributed by atoms with E-state index in [2.05, 4.69) is 35.1 Å². The van der Waals surface area contributed by atoms with Gasteiger partial charge in [-0.05, 0) is 55.5 Å². The number of pyridine rings is 2. The maximum atomic E-state index is 13.2. The fraction of sp³-hybridized carbons (Fsp3) is 0.268. The molecule has 294 valence electrons. The van der Waals surface area contributed by atoms with Crippen LogP contribution in [0.2, 0.25) is 10.0 Å². The fourth-order valence-corrected chi connectivity index (χ4v) is 9.84. The number of halogens is 2. The number of thiazole rings is 2. The first kappa shape index (κ1) is 41.0. The molecule has 2 amide bonds. The summed E-state index contributed by atoms with van der Waals surface area (Å²) >= 11 is 18.4. The van der Waals surface area contributed by atoms with Crippen molar-refractivity contribution in [2.75, 3.05) is 62.2 Å². The molecule has 16 heteroatoms. The van der Waals surface area contributed by atoms with E-state index in [9.17, 15) is 9.59 Å². The standard InChI is InChI=1S/C21H21ClN4OS2.C20H19ClN4OS2/c1-15-24-17(13-28-15)14-29-19-5-3-2-4-18(19)21(27)26-10-8-25(9-11-26)20-7-6-16(22)12-23-20;21-15-5-6-19(22-11-15)24-7-9-25(10-8-24)20(26)17-3-1-2-4-18(17)28-13-16-12-27-14-23-16/h2-7,12-13H,8-11,14H2,1H3;1-6,11-12,14H,7-10,13H2. The summed E-state index contributed by atoms with van der Waals surface area (Å²) < 4.78 is 0. The zero-order valence-corrected chi connectivity index (χ0v) is 35.9. The Morgan fingerprint density at radius 1 is 0.632 bits per heavy atom. The van der Waals surface area contributed by atoms with Crippen LogP contribution in [-0.4, -0.2) is 93.9 Å². The lowest BCUT2D eigenvalue weighted by Crippen LogP contribution is -2.49. The Morgan fingerprint density at radius 2 is 1.12 bits per heavy atom. The number of rotatable bonds is 10. The Morgan fingerprint density at radius 3 is 1.54 bits per heavy atom. The number of piperazine rings is 2. The maximum Gasteiger partial charge on any atom is 0.255 e. The number of hydrogen-bond acceptors (Lipinski definition) is 12. The quantitative estimate of drug-likeness (QED) is 0.124. The Labute approximate surface area is 359 Å². The Bertz CT molecular complexity index is 2230. The highest BCUT2D eigenvalue weighted by Crippen LogP contribution is 2.30. The zero-order chi connectivity index (χ0) is 39.6. The number of hydrogen-bond donors (Lipinski definition) is 0. The number of aromatic nitrogens is 4. The van der Waals surface area contributed by atoms with Gasteiger partial charge in [-0.1, -0.05) is 47.5 Å².